The van der Waals surface area contributed by atoms with E-state index in [0.29, 0.717) is 37.6 Å². The number of carbonyl (C=O) groups excluding carboxylic acids is 1. The van der Waals surface area contributed by atoms with Crippen LogP contribution in [0.1, 0.15) is 36.9 Å². The SMILES string of the molecule is Cc1ccc(-c2noc(-c3cccnc3N3CCC(C(=O)NC(C)c4ccc(F)cc4)CC3)n2)cc1. The summed E-state index contributed by atoms with van der Waals surface area (Å²) < 4.78 is 18.8. The fourth-order valence-corrected chi connectivity index (χ4v) is 4.49. The summed E-state index contributed by atoms with van der Waals surface area (Å²) in [5, 5.41) is 7.24. The summed E-state index contributed by atoms with van der Waals surface area (Å²) in [6, 6.07) is 17.8. The predicted molar refractivity (Wildman–Crippen MR) is 136 cm³/mol. The minimum Gasteiger partial charge on any atom is -0.356 e. The molecule has 1 aliphatic rings. The average Bonchev–Trinajstić information content (AvgIpc) is 3.40. The lowest BCUT2D eigenvalue weighted by Crippen LogP contribution is -2.41. The molecule has 8 heteroatoms. The van der Waals surface area contributed by atoms with Crippen LogP contribution in [0.25, 0.3) is 22.8 Å². The second-order valence-corrected chi connectivity index (χ2v) is 9.21. The van der Waals surface area contributed by atoms with Crippen molar-refractivity contribution in [3.8, 4) is 22.8 Å². The zero-order valence-electron chi connectivity index (χ0n) is 20.3. The Morgan fingerprint density at radius 1 is 1.08 bits per heavy atom. The number of carbonyl (C=O) groups is 1. The summed E-state index contributed by atoms with van der Waals surface area (Å²) in [5.41, 5.74) is 3.71. The van der Waals surface area contributed by atoms with Crippen molar-refractivity contribution in [3.63, 3.8) is 0 Å². The third-order valence-corrected chi connectivity index (χ3v) is 6.65. The van der Waals surface area contributed by atoms with Crippen molar-refractivity contribution in [2.24, 2.45) is 5.92 Å². The number of aromatic nitrogens is 3. The molecule has 0 aliphatic carbocycles. The highest BCUT2D eigenvalue weighted by Gasteiger charge is 2.28. The van der Waals surface area contributed by atoms with Crippen molar-refractivity contribution in [2.45, 2.75) is 32.7 Å². The quantitative estimate of drug-likeness (QED) is 0.397. The molecule has 7 nitrogen and oxygen atoms in total. The lowest BCUT2D eigenvalue weighted by molar-refractivity contribution is -0.126. The molecule has 5 rings (SSSR count). The first-order chi connectivity index (χ1) is 17.5. The number of anilines is 1. The van der Waals surface area contributed by atoms with Gasteiger partial charge in [0.05, 0.1) is 11.6 Å². The molecule has 2 aromatic carbocycles. The van der Waals surface area contributed by atoms with Crippen molar-refractivity contribution in [3.05, 3.63) is 83.8 Å². The fourth-order valence-electron chi connectivity index (χ4n) is 4.49. The maximum absolute atomic E-state index is 13.2. The van der Waals surface area contributed by atoms with Gasteiger partial charge in [-0.15, -0.1) is 0 Å². The van der Waals surface area contributed by atoms with E-state index in [4.69, 9.17) is 4.52 Å². The van der Waals surface area contributed by atoms with Gasteiger partial charge in [-0.3, -0.25) is 4.79 Å². The molecule has 3 heterocycles. The number of amides is 1. The van der Waals surface area contributed by atoms with E-state index in [9.17, 15) is 9.18 Å². The topological polar surface area (TPSA) is 84.2 Å². The van der Waals surface area contributed by atoms with E-state index in [-0.39, 0.29) is 23.7 Å². The van der Waals surface area contributed by atoms with Crippen LogP contribution in [0.15, 0.2) is 71.4 Å². The monoisotopic (exact) mass is 485 g/mol. The van der Waals surface area contributed by atoms with E-state index in [1.54, 1.807) is 18.3 Å². The highest BCUT2D eigenvalue weighted by Crippen LogP contribution is 2.32. The Kier molecular flexibility index (Phi) is 6.75. The molecule has 1 aliphatic heterocycles. The molecule has 184 valence electrons. The van der Waals surface area contributed by atoms with Crippen molar-refractivity contribution in [2.75, 3.05) is 18.0 Å². The van der Waals surface area contributed by atoms with E-state index in [1.165, 1.54) is 17.7 Å². The number of benzene rings is 2. The number of halogens is 1. The van der Waals surface area contributed by atoms with E-state index in [0.717, 1.165) is 22.5 Å². The number of nitrogens with one attached hydrogen (secondary N) is 1. The van der Waals surface area contributed by atoms with Crippen LogP contribution >= 0.6 is 0 Å². The van der Waals surface area contributed by atoms with Crippen molar-refractivity contribution >= 4 is 11.7 Å². The third-order valence-electron chi connectivity index (χ3n) is 6.65. The molecule has 0 bridgehead atoms. The van der Waals surface area contributed by atoms with Crippen molar-refractivity contribution in [1.82, 2.24) is 20.4 Å². The summed E-state index contributed by atoms with van der Waals surface area (Å²) >= 11 is 0. The van der Waals surface area contributed by atoms with Gasteiger partial charge in [0.2, 0.25) is 11.7 Å². The first kappa shape index (κ1) is 23.7. The molecule has 1 fully saturated rings. The normalized spacial score (nSPS) is 15.0. The Bertz CT molecular complexity index is 1330. The number of hydrogen-bond acceptors (Lipinski definition) is 6. The zero-order valence-corrected chi connectivity index (χ0v) is 20.3. The van der Waals surface area contributed by atoms with Crippen LogP contribution in [0, 0.1) is 18.7 Å². The van der Waals surface area contributed by atoms with Crippen molar-refractivity contribution in [1.29, 1.82) is 0 Å². The lowest BCUT2D eigenvalue weighted by atomic mass is 9.95. The second kappa shape index (κ2) is 10.3. The van der Waals surface area contributed by atoms with Crippen LogP contribution < -0.4 is 10.2 Å². The Morgan fingerprint density at radius 2 is 1.81 bits per heavy atom. The summed E-state index contributed by atoms with van der Waals surface area (Å²) in [7, 11) is 0. The number of aryl methyl sites for hydroxylation is 1. The predicted octanol–water partition coefficient (Wildman–Crippen LogP) is 5.34. The standard InChI is InChI=1S/C28H28FN5O2/c1-18-5-7-21(8-6-18)25-32-28(36-33-25)24-4-3-15-30-26(24)34-16-13-22(14-17-34)27(35)31-19(2)20-9-11-23(29)12-10-20/h3-12,15,19,22H,13-14,16-17H2,1-2H3,(H,31,35). The Labute approximate surface area is 209 Å². The molecule has 0 saturated carbocycles. The molecular weight excluding hydrogens is 457 g/mol. The minimum absolute atomic E-state index is 0.0207. The minimum atomic E-state index is -0.287. The highest BCUT2D eigenvalue weighted by atomic mass is 19.1. The van der Waals surface area contributed by atoms with Gasteiger partial charge in [0, 0.05) is 30.8 Å². The number of hydrogen-bond donors (Lipinski definition) is 1. The molecule has 2 aromatic heterocycles. The van der Waals surface area contributed by atoms with Gasteiger partial charge in [-0.1, -0.05) is 47.1 Å². The molecule has 4 aromatic rings. The fraction of sp³-hybridized carbons (Fsp3) is 0.286. The molecular formula is C28H28FN5O2. The lowest BCUT2D eigenvalue weighted by Gasteiger charge is -2.33. The van der Waals surface area contributed by atoms with Gasteiger partial charge in [-0.05, 0) is 56.5 Å². The van der Waals surface area contributed by atoms with E-state index in [2.05, 4.69) is 25.3 Å². The van der Waals surface area contributed by atoms with E-state index >= 15 is 0 Å². The van der Waals surface area contributed by atoms with Gasteiger partial charge >= 0.3 is 0 Å². The molecule has 1 unspecified atom stereocenters. The van der Waals surface area contributed by atoms with Crippen LogP contribution in [0.5, 0.6) is 0 Å². The van der Waals surface area contributed by atoms with Gasteiger partial charge in [0.25, 0.3) is 5.89 Å². The first-order valence-electron chi connectivity index (χ1n) is 12.1. The molecule has 0 radical (unpaired) electrons. The van der Waals surface area contributed by atoms with E-state index < -0.39 is 0 Å². The molecule has 1 atom stereocenters. The highest BCUT2D eigenvalue weighted by molar-refractivity contribution is 5.79. The maximum atomic E-state index is 13.2. The number of piperidine rings is 1. The van der Waals surface area contributed by atoms with E-state index in [1.807, 2.05) is 50.2 Å². The van der Waals surface area contributed by atoms with Crippen LogP contribution in [0.2, 0.25) is 0 Å². The number of nitrogens with zero attached hydrogens (tertiary/aromatic N) is 4. The second-order valence-electron chi connectivity index (χ2n) is 9.21. The van der Waals surface area contributed by atoms with Gasteiger partial charge in [-0.25, -0.2) is 9.37 Å². The van der Waals surface area contributed by atoms with Crippen LogP contribution in [-0.4, -0.2) is 34.1 Å². The summed E-state index contributed by atoms with van der Waals surface area (Å²) in [4.78, 5) is 24.3. The largest absolute Gasteiger partial charge is 0.356 e. The molecule has 0 spiro atoms. The Balaban J connectivity index is 1.25. The first-order valence-corrected chi connectivity index (χ1v) is 12.1. The van der Waals surface area contributed by atoms with Gasteiger partial charge in [0.1, 0.15) is 11.6 Å². The summed E-state index contributed by atoms with van der Waals surface area (Å²) in [6.07, 6.45) is 3.16. The summed E-state index contributed by atoms with van der Waals surface area (Å²) in [5.74, 6) is 1.37. The molecule has 1 amide bonds. The van der Waals surface area contributed by atoms with Crippen LogP contribution in [0.3, 0.4) is 0 Å². The van der Waals surface area contributed by atoms with Crippen LogP contribution in [0.4, 0.5) is 10.2 Å². The Hall–Kier alpha value is -4.07. The van der Waals surface area contributed by atoms with Gasteiger partial charge in [-0.2, -0.15) is 4.98 Å². The number of rotatable bonds is 6. The van der Waals surface area contributed by atoms with Crippen molar-refractivity contribution < 1.29 is 13.7 Å². The zero-order chi connectivity index (χ0) is 25.1. The van der Waals surface area contributed by atoms with Gasteiger partial charge < -0.3 is 14.7 Å². The Morgan fingerprint density at radius 3 is 2.53 bits per heavy atom. The summed E-state index contributed by atoms with van der Waals surface area (Å²) in [6.45, 7) is 5.32. The molecule has 1 N–H and O–H groups in total. The third kappa shape index (κ3) is 5.12. The molecule has 36 heavy (non-hydrogen) atoms. The smallest absolute Gasteiger partial charge is 0.261 e. The number of pyridine rings is 1. The average molecular weight is 486 g/mol. The molecule has 1 saturated heterocycles. The van der Waals surface area contributed by atoms with Gasteiger partial charge in [0.15, 0.2) is 0 Å². The maximum Gasteiger partial charge on any atom is 0.261 e. The van der Waals surface area contributed by atoms with Crippen LogP contribution in [-0.2, 0) is 4.79 Å².